The topological polar surface area (TPSA) is 29.5 Å². The number of aryl methyl sites for hydroxylation is 2. The van der Waals surface area contributed by atoms with Crippen LogP contribution in [-0.4, -0.2) is 5.11 Å². The molecule has 0 atom stereocenters. The lowest BCUT2D eigenvalue weighted by atomic mass is 10.1. The Bertz CT molecular complexity index is 518. The van der Waals surface area contributed by atoms with E-state index in [9.17, 15) is 5.11 Å². The molecule has 2 heteroatoms. The van der Waals surface area contributed by atoms with Crippen LogP contribution in [0.15, 0.2) is 42.5 Å². The van der Waals surface area contributed by atoms with Crippen molar-refractivity contribution in [3.8, 4) is 11.5 Å². The average Bonchev–Trinajstić information content (AvgIpc) is 2.32. The zero-order valence-corrected chi connectivity index (χ0v) is 10.1. The van der Waals surface area contributed by atoms with Crippen LogP contribution in [0.2, 0.25) is 0 Å². The second-order valence-electron chi connectivity index (χ2n) is 4.18. The van der Waals surface area contributed by atoms with Gasteiger partial charge in [0, 0.05) is 0 Å². The Kier molecular flexibility index (Phi) is 3.33. The van der Waals surface area contributed by atoms with E-state index in [1.807, 2.05) is 12.1 Å². The monoisotopic (exact) mass is 228 g/mol. The van der Waals surface area contributed by atoms with Crippen LogP contribution in [0.5, 0.6) is 11.5 Å². The molecule has 0 heterocycles. The number of rotatable bonds is 3. The lowest BCUT2D eigenvalue weighted by Gasteiger charge is -2.09. The van der Waals surface area contributed by atoms with Gasteiger partial charge in [-0.1, -0.05) is 30.3 Å². The van der Waals surface area contributed by atoms with E-state index in [1.165, 1.54) is 11.1 Å². The maximum atomic E-state index is 9.56. The minimum Gasteiger partial charge on any atom is -0.504 e. The minimum absolute atomic E-state index is 0.177. The van der Waals surface area contributed by atoms with Crippen LogP contribution < -0.4 is 4.74 Å². The number of para-hydroxylation sites is 2. The summed E-state index contributed by atoms with van der Waals surface area (Å²) in [6.07, 6.45) is 0. The highest BCUT2D eigenvalue weighted by atomic mass is 16.5. The molecule has 0 aromatic heterocycles. The van der Waals surface area contributed by atoms with Crippen molar-refractivity contribution in [3.05, 3.63) is 59.2 Å². The normalized spacial score (nSPS) is 10.2. The van der Waals surface area contributed by atoms with Gasteiger partial charge >= 0.3 is 0 Å². The van der Waals surface area contributed by atoms with Crippen LogP contribution in [0.25, 0.3) is 0 Å². The van der Waals surface area contributed by atoms with Gasteiger partial charge in [-0.05, 0) is 42.7 Å². The summed E-state index contributed by atoms with van der Waals surface area (Å²) in [6, 6.07) is 13.2. The first-order valence-electron chi connectivity index (χ1n) is 5.64. The first kappa shape index (κ1) is 11.5. The molecule has 0 unspecified atom stereocenters. The van der Waals surface area contributed by atoms with Crippen LogP contribution in [0.1, 0.15) is 16.7 Å². The highest BCUT2D eigenvalue weighted by Crippen LogP contribution is 2.25. The molecule has 2 aromatic rings. The number of hydrogen-bond acceptors (Lipinski definition) is 2. The van der Waals surface area contributed by atoms with Crippen LogP contribution in [-0.2, 0) is 6.61 Å². The molecule has 88 valence electrons. The zero-order chi connectivity index (χ0) is 12.3. The van der Waals surface area contributed by atoms with E-state index in [0.29, 0.717) is 12.4 Å². The second kappa shape index (κ2) is 4.91. The Labute approximate surface area is 101 Å². The summed E-state index contributed by atoms with van der Waals surface area (Å²) < 4.78 is 5.57. The third-order valence-electron chi connectivity index (χ3n) is 2.83. The molecular formula is C15H16O2. The Morgan fingerprint density at radius 3 is 2.47 bits per heavy atom. The van der Waals surface area contributed by atoms with E-state index in [0.717, 1.165) is 5.56 Å². The summed E-state index contributed by atoms with van der Waals surface area (Å²) in [4.78, 5) is 0. The highest BCUT2D eigenvalue weighted by Gasteiger charge is 2.01. The maximum absolute atomic E-state index is 9.56. The first-order chi connectivity index (χ1) is 8.16. The van der Waals surface area contributed by atoms with Crippen molar-refractivity contribution in [1.29, 1.82) is 0 Å². The van der Waals surface area contributed by atoms with Crippen molar-refractivity contribution in [3.63, 3.8) is 0 Å². The van der Waals surface area contributed by atoms with Gasteiger partial charge in [0.1, 0.15) is 6.61 Å². The summed E-state index contributed by atoms with van der Waals surface area (Å²) in [6.45, 7) is 4.64. The van der Waals surface area contributed by atoms with Gasteiger partial charge in [-0.15, -0.1) is 0 Å². The van der Waals surface area contributed by atoms with Gasteiger partial charge in [0.05, 0.1) is 0 Å². The van der Waals surface area contributed by atoms with Crippen molar-refractivity contribution in [2.24, 2.45) is 0 Å². The Hall–Kier alpha value is -1.96. The predicted octanol–water partition coefficient (Wildman–Crippen LogP) is 3.59. The van der Waals surface area contributed by atoms with E-state index in [4.69, 9.17) is 4.74 Å². The molecule has 2 nitrogen and oxygen atoms in total. The molecule has 0 fully saturated rings. The van der Waals surface area contributed by atoms with Gasteiger partial charge in [0.2, 0.25) is 0 Å². The number of phenolic OH excluding ortho intramolecular Hbond substituents is 1. The molecule has 0 amide bonds. The Morgan fingerprint density at radius 2 is 1.76 bits per heavy atom. The van der Waals surface area contributed by atoms with E-state index < -0.39 is 0 Å². The quantitative estimate of drug-likeness (QED) is 0.870. The molecule has 0 bridgehead atoms. The molecular weight excluding hydrogens is 212 g/mol. The molecule has 1 N–H and O–H groups in total. The minimum atomic E-state index is 0.177. The van der Waals surface area contributed by atoms with E-state index >= 15 is 0 Å². The molecule has 2 aromatic carbocycles. The molecule has 0 aliphatic heterocycles. The smallest absolute Gasteiger partial charge is 0.161 e. The van der Waals surface area contributed by atoms with E-state index in [1.54, 1.807) is 18.2 Å². The van der Waals surface area contributed by atoms with Crippen molar-refractivity contribution in [1.82, 2.24) is 0 Å². The fraction of sp³-hybridized carbons (Fsp3) is 0.200. The third kappa shape index (κ3) is 2.78. The number of ether oxygens (including phenoxy) is 1. The number of phenols is 1. The SMILES string of the molecule is Cc1ccc(COc2ccccc2O)cc1C. The van der Waals surface area contributed by atoms with Crippen LogP contribution in [0, 0.1) is 13.8 Å². The molecule has 0 saturated carbocycles. The Morgan fingerprint density at radius 1 is 1.00 bits per heavy atom. The molecule has 2 rings (SSSR count). The lowest BCUT2D eigenvalue weighted by Crippen LogP contribution is -1.96. The first-order valence-corrected chi connectivity index (χ1v) is 5.64. The van der Waals surface area contributed by atoms with Gasteiger partial charge in [-0.25, -0.2) is 0 Å². The van der Waals surface area contributed by atoms with Gasteiger partial charge in [-0.3, -0.25) is 0 Å². The second-order valence-corrected chi connectivity index (χ2v) is 4.18. The molecule has 0 aliphatic rings. The van der Waals surface area contributed by atoms with E-state index in [-0.39, 0.29) is 5.75 Å². The van der Waals surface area contributed by atoms with Gasteiger partial charge in [-0.2, -0.15) is 0 Å². The summed E-state index contributed by atoms with van der Waals surface area (Å²) in [7, 11) is 0. The molecule has 0 spiro atoms. The van der Waals surface area contributed by atoms with Crippen molar-refractivity contribution < 1.29 is 9.84 Å². The standard InChI is InChI=1S/C15H16O2/c1-11-7-8-13(9-12(11)2)10-17-15-6-4-3-5-14(15)16/h3-9,16H,10H2,1-2H3. The highest BCUT2D eigenvalue weighted by molar-refractivity contribution is 5.38. The largest absolute Gasteiger partial charge is 0.504 e. The third-order valence-corrected chi connectivity index (χ3v) is 2.83. The number of benzene rings is 2. The Balaban J connectivity index is 2.08. The number of aromatic hydroxyl groups is 1. The molecule has 17 heavy (non-hydrogen) atoms. The summed E-state index contributed by atoms with van der Waals surface area (Å²) in [5.41, 5.74) is 3.64. The van der Waals surface area contributed by atoms with Crippen molar-refractivity contribution in [2.75, 3.05) is 0 Å². The molecule has 0 aliphatic carbocycles. The fourth-order valence-electron chi connectivity index (χ4n) is 1.63. The van der Waals surface area contributed by atoms with Gasteiger partial charge in [0.25, 0.3) is 0 Å². The summed E-state index contributed by atoms with van der Waals surface area (Å²) in [5.74, 6) is 0.696. The van der Waals surface area contributed by atoms with Crippen LogP contribution in [0.4, 0.5) is 0 Å². The van der Waals surface area contributed by atoms with Crippen LogP contribution in [0.3, 0.4) is 0 Å². The summed E-state index contributed by atoms with van der Waals surface area (Å²) >= 11 is 0. The van der Waals surface area contributed by atoms with Gasteiger partial charge in [0.15, 0.2) is 11.5 Å². The average molecular weight is 228 g/mol. The maximum Gasteiger partial charge on any atom is 0.161 e. The summed E-state index contributed by atoms with van der Waals surface area (Å²) in [5, 5.41) is 9.56. The zero-order valence-electron chi connectivity index (χ0n) is 10.1. The lowest BCUT2D eigenvalue weighted by molar-refractivity contribution is 0.289. The van der Waals surface area contributed by atoms with E-state index in [2.05, 4.69) is 26.0 Å². The van der Waals surface area contributed by atoms with Crippen molar-refractivity contribution >= 4 is 0 Å². The van der Waals surface area contributed by atoms with Crippen molar-refractivity contribution in [2.45, 2.75) is 20.5 Å². The molecule has 0 saturated heterocycles. The van der Waals surface area contributed by atoms with Crippen LogP contribution >= 0.6 is 0 Å². The van der Waals surface area contributed by atoms with Gasteiger partial charge < -0.3 is 9.84 Å². The number of hydrogen-bond donors (Lipinski definition) is 1. The fourth-order valence-corrected chi connectivity index (χ4v) is 1.63. The molecule has 0 radical (unpaired) electrons. The predicted molar refractivity (Wildman–Crippen MR) is 68.4 cm³/mol.